The quantitative estimate of drug-likeness (QED) is 0.511. The lowest BCUT2D eigenvalue weighted by molar-refractivity contribution is -0.122. The van der Waals surface area contributed by atoms with Crippen LogP contribution in [0.1, 0.15) is 40.9 Å². The van der Waals surface area contributed by atoms with Gasteiger partial charge in [0.1, 0.15) is 5.82 Å². The molecule has 1 atom stereocenters. The number of nitrogens with one attached hydrogen (secondary N) is 1. The van der Waals surface area contributed by atoms with Gasteiger partial charge < -0.3 is 16.0 Å². The Hall–Kier alpha value is -3.94. The maximum absolute atomic E-state index is 12.5. The first-order valence-electron chi connectivity index (χ1n) is 11.9. The molecule has 8 heteroatoms. The van der Waals surface area contributed by atoms with Crippen LogP contribution >= 0.6 is 0 Å². The number of carbonyl (C=O) groups is 2. The zero-order valence-electron chi connectivity index (χ0n) is 20.5. The predicted molar refractivity (Wildman–Crippen MR) is 138 cm³/mol. The lowest BCUT2D eigenvalue weighted by Gasteiger charge is -2.32. The normalized spacial score (nSPS) is 16.0. The van der Waals surface area contributed by atoms with Crippen molar-refractivity contribution in [1.82, 2.24) is 14.8 Å². The highest BCUT2D eigenvalue weighted by atomic mass is 16.1. The monoisotopic (exact) mass is 472 g/mol. The van der Waals surface area contributed by atoms with E-state index in [0.29, 0.717) is 18.8 Å². The van der Waals surface area contributed by atoms with Crippen molar-refractivity contribution < 1.29 is 9.59 Å². The number of aromatic nitrogens is 3. The molecule has 3 N–H and O–H groups in total. The number of amides is 2. The molecule has 0 bridgehead atoms. The number of piperidine rings is 1. The smallest absolute Gasteiger partial charge is 0.248 e. The summed E-state index contributed by atoms with van der Waals surface area (Å²) in [5.74, 6) is 0.118. The molecule has 35 heavy (non-hydrogen) atoms. The molecule has 8 nitrogen and oxygen atoms in total. The topological polar surface area (TPSA) is 106 Å². The highest BCUT2D eigenvalue weighted by molar-refractivity contribution is 6.02. The van der Waals surface area contributed by atoms with Gasteiger partial charge in [-0.15, -0.1) is 0 Å². The van der Waals surface area contributed by atoms with E-state index in [1.807, 2.05) is 30.7 Å². The Morgan fingerprint density at radius 3 is 2.60 bits per heavy atom. The molecule has 1 aliphatic heterocycles. The van der Waals surface area contributed by atoms with Gasteiger partial charge >= 0.3 is 0 Å². The number of hydrogen-bond acceptors (Lipinski definition) is 5. The zero-order valence-corrected chi connectivity index (χ0v) is 20.5. The Bertz CT molecular complexity index is 1230. The second-order valence-corrected chi connectivity index (χ2v) is 9.14. The van der Waals surface area contributed by atoms with Gasteiger partial charge in [0.05, 0.1) is 30.0 Å². The van der Waals surface area contributed by atoms with Crippen LogP contribution in [-0.4, -0.2) is 39.7 Å². The van der Waals surface area contributed by atoms with Crippen LogP contribution in [-0.2, 0) is 16.1 Å². The molecule has 1 aliphatic rings. The van der Waals surface area contributed by atoms with E-state index in [4.69, 9.17) is 5.73 Å². The molecule has 1 saturated heterocycles. The van der Waals surface area contributed by atoms with E-state index in [-0.39, 0.29) is 17.7 Å². The minimum absolute atomic E-state index is 0.150. The fourth-order valence-corrected chi connectivity index (χ4v) is 4.38. The number of primary amides is 1. The summed E-state index contributed by atoms with van der Waals surface area (Å²) in [5, 5.41) is 7.50. The van der Waals surface area contributed by atoms with Crippen LogP contribution in [0.3, 0.4) is 0 Å². The number of aryl methyl sites for hydroxylation is 2. The molecule has 0 spiro atoms. The minimum Gasteiger partial charge on any atom is -0.369 e. The molecule has 4 rings (SSSR count). The average molecular weight is 473 g/mol. The highest BCUT2D eigenvalue weighted by Gasteiger charge is 2.24. The molecule has 182 valence electrons. The third kappa shape index (κ3) is 5.95. The fourth-order valence-electron chi connectivity index (χ4n) is 4.38. The maximum Gasteiger partial charge on any atom is 0.248 e. The highest BCUT2D eigenvalue weighted by Crippen LogP contribution is 2.22. The molecule has 0 radical (unpaired) electrons. The average Bonchev–Trinajstić information content (AvgIpc) is 3.11. The van der Waals surface area contributed by atoms with Gasteiger partial charge in [0, 0.05) is 30.4 Å². The van der Waals surface area contributed by atoms with Crippen LogP contribution in [0.2, 0.25) is 0 Å². The molecule has 2 aromatic heterocycles. The van der Waals surface area contributed by atoms with Gasteiger partial charge in [-0.05, 0) is 57.4 Å². The van der Waals surface area contributed by atoms with Gasteiger partial charge in [0.15, 0.2) is 0 Å². The lowest BCUT2D eigenvalue weighted by atomic mass is 9.97. The van der Waals surface area contributed by atoms with Crippen LogP contribution in [0.4, 0.5) is 11.5 Å². The van der Waals surface area contributed by atoms with Crippen LogP contribution in [0.5, 0.6) is 0 Å². The standard InChI is InChI=1S/C27H32N6O2/c1-18-6-8-21(9-7-18)16-33-20(3)24(19(2)31-33)11-13-26(34)30-23-10-12-25(29-15-23)32-14-4-5-22(17-32)27(28)35/h6-13,15,22H,4-5,14,16-17H2,1-3H3,(H2,28,35)(H,30,34)/b13-11+. The van der Waals surface area contributed by atoms with Gasteiger partial charge in [-0.2, -0.15) is 5.10 Å². The van der Waals surface area contributed by atoms with Gasteiger partial charge in [0.2, 0.25) is 11.8 Å². The summed E-state index contributed by atoms with van der Waals surface area (Å²) in [6.07, 6.45) is 6.67. The number of anilines is 2. The van der Waals surface area contributed by atoms with E-state index in [9.17, 15) is 9.59 Å². The van der Waals surface area contributed by atoms with Gasteiger partial charge in [0.25, 0.3) is 0 Å². The van der Waals surface area contributed by atoms with E-state index in [0.717, 1.165) is 42.2 Å². The summed E-state index contributed by atoms with van der Waals surface area (Å²) < 4.78 is 1.96. The van der Waals surface area contributed by atoms with Crippen molar-refractivity contribution in [3.8, 4) is 0 Å². The van der Waals surface area contributed by atoms with Crippen LogP contribution in [0, 0.1) is 26.7 Å². The van der Waals surface area contributed by atoms with Gasteiger partial charge in [-0.25, -0.2) is 4.98 Å². The third-order valence-electron chi connectivity index (χ3n) is 6.45. The molecule has 0 aliphatic carbocycles. The summed E-state index contributed by atoms with van der Waals surface area (Å²) in [5.41, 5.74) is 11.3. The zero-order chi connectivity index (χ0) is 24.9. The Kier molecular flexibility index (Phi) is 7.29. The molecule has 1 aromatic carbocycles. The number of pyridine rings is 1. The number of nitrogens with zero attached hydrogens (tertiary/aromatic N) is 4. The van der Waals surface area contributed by atoms with E-state index < -0.39 is 0 Å². The molecule has 3 aromatic rings. The Morgan fingerprint density at radius 1 is 1.14 bits per heavy atom. The van der Waals surface area contributed by atoms with Crippen molar-refractivity contribution in [3.05, 3.63) is 76.7 Å². The summed E-state index contributed by atoms with van der Waals surface area (Å²) in [6.45, 7) is 8.12. The van der Waals surface area contributed by atoms with Crippen molar-refractivity contribution >= 4 is 29.4 Å². The SMILES string of the molecule is Cc1ccc(Cn2nc(C)c(/C=C/C(=O)Nc3ccc(N4CCCC(C(N)=O)C4)nc3)c2C)cc1. The van der Waals surface area contributed by atoms with Crippen molar-refractivity contribution in [2.24, 2.45) is 11.7 Å². The second-order valence-electron chi connectivity index (χ2n) is 9.14. The molecular weight excluding hydrogens is 440 g/mol. The Morgan fingerprint density at radius 2 is 1.91 bits per heavy atom. The number of rotatable bonds is 7. The van der Waals surface area contributed by atoms with Crippen LogP contribution in [0.15, 0.2) is 48.7 Å². The first kappa shape index (κ1) is 24.2. The number of carbonyl (C=O) groups excluding carboxylic acids is 2. The van der Waals surface area contributed by atoms with Gasteiger partial charge in [-0.1, -0.05) is 29.8 Å². The van der Waals surface area contributed by atoms with E-state index in [1.54, 1.807) is 12.3 Å². The van der Waals surface area contributed by atoms with Crippen molar-refractivity contribution in [3.63, 3.8) is 0 Å². The van der Waals surface area contributed by atoms with Crippen LogP contribution in [0.25, 0.3) is 6.08 Å². The van der Waals surface area contributed by atoms with Crippen LogP contribution < -0.4 is 16.0 Å². The molecule has 0 saturated carbocycles. The summed E-state index contributed by atoms with van der Waals surface area (Å²) in [6, 6.07) is 12.1. The predicted octanol–water partition coefficient (Wildman–Crippen LogP) is 3.61. The summed E-state index contributed by atoms with van der Waals surface area (Å²) >= 11 is 0. The first-order chi connectivity index (χ1) is 16.8. The van der Waals surface area contributed by atoms with Crippen molar-refractivity contribution in [1.29, 1.82) is 0 Å². The molecule has 1 unspecified atom stereocenters. The van der Waals surface area contributed by atoms with Gasteiger partial charge in [-0.3, -0.25) is 14.3 Å². The Labute approximate surface area is 205 Å². The number of hydrogen-bond donors (Lipinski definition) is 2. The van der Waals surface area contributed by atoms with Crippen molar-refractivity contribution in [2.75, 3.05) is 23.3 Å². The number of nitrogens with two attached hydrogens (primary N) is 1. The van der Waals surface area contributed by atoms with E-state index in [1.165, 1.54) is 17.2 Å². The first-order valence-corrected chi connectivity index (χ1v) is 11.9. The third-order valence-corrected chi connectivity index (χ3v) is 6.45. The van der Waals surface area contributed by atoms with E-state index in [2.05, 4.69) is 51.5 Å². The largest absolute Gasteiger partial charge is 0.369 e. The molecule has 3 heterocycles. The fraction of sp³-hybridized carbons (Fsp3) is 0.333. The summed E-state index contributed by atoms with van der Waals surface area (Å²) in [7, 11) is 0. The lowest BCUT2D eigenvalue weighted by Crippen LogP contribution is -2.41. The summed E-state index contributed by atoms with van der Waals surface area (Å²) in [4.78, 5) is 30.6. The number of benzene rings is 1. The minimum atomic E-state index is -0.267. The van der Waals surface area contributed by atoms with E-state index >= 15 is 0 Å². The molecule has 2 amide bonds. The maximum atomic E-state index is 12.5. The molecule has 1 fully saturated rings. The van der Waals surface area contributed by atoms with Crippen molar-refractivity contribution in [2.45, 2.75) is 40.2 Å². The molecular formula is C27H32N6O2. The second kappa shape index (κ2) is 10.5. The Balaban J connectivity index is 1.37.